The summed E-state index contributed by atoms with van der Waals surface area (Å²) in [6, 6.07) is 20.2. The Labute approximate surface area is 241 Å². The van der Waals surface area contributed by atoms with Crippen molar-refractivity contribution >= 4 is 34.6 Å². The van der Waals surface area contributed by atoms with Crippen LogP contribution < -0.4 is 20.3 Å². The lowest BCUT2D eigenvalue weighted by molar-refractivity contribution is -0.115. The number of benzene rings is 2. The molecule has 8 heteroatoms. The second kappa shape index (κ2) is 11.1. The molecule has 40 heavy (non-hydrogen) atoms. The summed E-state index contributed by atoms with van der Waals surface area (Å²) in [4.78, 5) is 18.9. The van der Waals surface area contributed by atoms with Crippen molar-refractivity contribution in [3.63, 3.8) is 0 Å². The van der Waals surface area contributed by atoms with Gasteiger partial charge in [0.25, 0.3) is 0 Å². The summed E-state index contributed by atoms with van der Waals surface area (Å²) in [5, 5.41) is 7.07. The second-order valence-electron chi connectivity index (χ2n) is 10.2. The molecule has 2 N–H and O–H groups in total. The lowest BCUT2D eigenvalue weighted by atomic mass is 9.96. The van der Waals surface area contributed by atoms with E-state index in [1.807, 2.05) is 49.5 Å². The van der Waals surface area contributed by atoms with Crippen LogP contribution in [0.25, 0.3) is 5.69 Å². The molecule has 4 aromatic rings. The van der Waals surface area contributed by atoms with Crippen molar-refractivity contribution in [2.75, 3.05) is 17.3 Å². The van der Waals surface area contributed by atoms with E-state index in [1.165, 1.54) is 16.8 Å². The third kappa shape index (κ3) is 4.95. The molecule has 0 spiro atoms. The number of nitrogens with one attached hydrogen (secondary N) is 2. The molecule has 1 fully saturated rings. The predicted octanol–water partition coefficient (Wildman–Crippen LogP) is 6.64. The molecular formula is C32H35N5O2S. The number of hydrogen-bond acceptors (Lipinski definition) is 4. The first-order valence-electron chi connectivity index (χ1n) is 13.5. The molecule has 3 heterocycles. The molecular weight excluding hydrogens is 518 g/mol. The van der Waals surface area contributed by atoms with E-state index in [1.54, 1.807) is 7.11 Å². The van der Waals surface area contributed by atoms with Crippen molar-refractivity contribution < 1.29 is 9.53 Å². The summed E-state index contributed by atoms with van der Waals surface area (Å²) < 4.78 is 8.02. The van der Waals surface area contributed by atoms with Crippen molar-refractivity contribution in [3.8, 4) is 11.4 Å². The highest BCUT2D eigenvalue weighted by Gasteiger charge is 2.42. The number of anilines is 2. The van der Waals surface area contributed by atoms with Crippen molar-refractivity contribution in [2.45, 2.75) is 53.1 Å². The van der Waals surface area contributed by atoms with Gasteiger partial charge >= 0.3 is 0 Å². The van der Waals surface area contributed by atoms with E-state index in [-0.39, 0.29) is 18.0 Å². The average Bonchev–Trinajstić information content (AvgIpc) is 3.45. The van der Waals surface area contributed by atoms with E-state index in [0.29, 0.717) is 23.0 Å². The topological polar surface area (TPSA) is 71.4 Å². The van der Waals surface area contributed by atoms with Gasteiger partial charge in [-0.3, -0.25) is 9.78 Å². The van der Waals surface area contributed by atoms with Gasteiger partial charge in [0.1, 0.15) is 5.75 Å². The van der Waals surface area contributed by atoms with Gasteiger partial charge in [-0.25, -0.2) is 0 Å². The molecule has 5 rings (SSSR count). The van der Waals surface area contributed by atoms with Crippen LogP contribution in [0.2, 0.25) is 0 Å². The fourth-order valence-electron chi connectivity index (χ4n) is 5.54. The Morgan fingerprint density at radius 1 is 1.07 bits per heavy atom. The van der Waals surface area contributed by atoms with E-state index < -0.39 is 0 Å². The molecule has 1 amide bonds. The van der Waals surface area contributed by atoms with Crippen LogP contribution in [0.5, 0.6) is 5.75 Å². The van der Waals surface area contributed by atoms with E-state index >= 15 is 0 Å². The Morgan fingerprint density at radius 2 is 1.88 bits per heavy atom. The van der Waals surface area contributed by atoms with Crippen molar-refractivity contribution in [1.82, 2.24) is 14.9 Å². The lowest BCUT2D eigenvalue weighted by Crippen LogP contribution is -2.29. The molecule has 1 aliphatic rings. The minimum atomic E-state index is -0.174. The molecule has 0 aliphatic carbocycles. The highest BCUT2D eigenvalue weighted by atomic mass is 32.1. The maximum Gasteiger partial charge on any atom is 0.224 e. The molecule has 0 bridgehead atoms. The maximum atomic E-state index is 12.1. The zero-order chi connectivity index (χ0) is 28.6. The van der Waals surface area contributed by atoms with Gasteiger partial charge in [-0.2, -0.15) is 0 Å². The van der Waals surface area contributed by atoms with Crippen molar-refractivity contribution in [2.24, 2.45) is 0 Å². The number of carbonyl (C=O) groups is 1. The van der Waals surface area contributed by atoms with Crippen LogP contribution in [0.3, 0.4) is 0 Å². The molecule has 1 aliphatic heterocycles. The zero-order valence-electron chi connectivity index (χ0n) is 23.8. The van der Waals surface area contributed by atoms with Gasteiger partial charge in [-0.1, -0.05) is 25.1 Å². The number of aromatic nitrogens is 2. The normalized spacial score (nSPS) is 16.6. The average molecular weight is 554 g/mol. The second-order valence-corrected chi connectivity index (χ2v) is 10.6. The van der Waals surface area contributed by atoms with Gasteiger partial charge < -0.3 is 24.8 Å². The summed E-state index contributed by atoms with van der Waals surface area (Å²) in [5.41, 5.74) is 9.46. The van der Waals surface area contributed by atoms with E-state index in [0.717, 1.165) is 28.3 Å². The van der Waals surface area contributed by atoms with Crippen LogP contribution in [0.1, 0.15) is 59.2 Å². The first kappa shape index (κ1) is 27.4. The fraction of sp³-hybridized carbons (Fsp3) is 0.281. The minimum Gasteiger partial charge on any atom is -0.494 e. The molecule has 7 nitrogen and oxygen atoms in total. The SMILES string of the molecule is CCC(=O)Nc1ccc(N2C(=S)N[C@H](c3ccccn3)[C@@H]2c2cc(C)n(-c3cc(C)ccc3C)c2C)cc1OC. The van der Waals surface area contributed by atoms with Gasteiger partial charge in [-0.05, 0) is 93.0 Å². The van der Waals surface area contributed by atoms with Gasteiger partial charge in [0.2, 0.25) is 5.91 Å². The van der Waals surface area contributed by atoms with E-state index in [2.05, 4.69) is 72.1 Å². The smallest absolute Gasteiger partial charge is 0.224 e. The zero-order valence-corrected chi connectivity index (χ0v) is 24.6. The number of aryl methyl sites for hydroxylation is 3. The van der Waals surface area contributed by atoms with Gasteiger partial charge in [0.05, 0.1) is 30.6 Å². The van der Waals surface area contributed by atoms with E-state index in [9.17, 15) is 4.79 Å². The van der Waals surface area contributed by atoms with Crippen LogP contribution in [0.4, 0.5) is 11.4 Å². The quantitative estimate of drug-likeness (QED) is 0.250. The summed E-state index contributed by atoms with van der Waals surface area (Å²) in [6.07, 6.45) is 2.20. The Bertz CT molecular complexity index is 1580. The molecule has 206 valence electrons. The number of hydrogen-bond donors (Lipinski definition) is 2. The molecule has 2 atom stereocenters. The van der Waals surface area contributed by atoms with Crippen LogP contribution in [0.15, 0.2) is 66.9 Å². The summed E-state index contributed by atoms with van der Waals surface area (Å²) in [6.45, 7) is 10.4. The van der Waals surface area contributed by atoms with Crippen molar-refractivity contribution in [3.05, 3.63) is 101 Å². The van der Waals surface area contributed by atoms with Crippen LogP contribution in [-0.2, 0) is 4.79 Å². The van der Waals surface area contributed by atoms with Gasteiger partial charge in [0, 0.05) is 41.4 Å². The number of nitrogens with zero attached hydrogens (tertiary/aromatic N) is 3. The molecule has 0 unspecified atom stereocenters. The lowest BCUT2D eigenvalue weighted by Gasteiger charge is -2.29. The fourth-order valence-corrected chi connectivity index (χ4v) is 5.88. The molecule has 1 saturated heterocycles. The highest BCUT2D eigenvalue weighted by molar-refractivity contribution is 7.80. The van der Waals surface area contributed by atoms with Gasteiger partial charge in [0.15, 0.2) is 5.11 Å². The minimum absolute atomic E-state index is 0.0728. The molecule has 2 aromatic carbocycles. The predicted molar refractivity (Wildman–Crippen MR) is 165 cm³/mol. The maximum absolute atomic E-state index is 12.1. The third-order valence-corrected chi connectivity index (χ3v) is 7.87. The Morgan fingerprint density at radius 3 is 2.58 bits per heavy atom. The summed E-state index contributed by atoms with van der Waals surface area (Å²) in [7, 11) is 1.60. The van der Waals surface area contributed by atoms with Crippen LogP contribution in [-0.4, -0.2) is 27.7 Å². The number of pyridine rings is 1. The largest absolute Gasteiger partial charge is 0.494 e. The summed E-state index contributed by atoms with van der Waals surface area (Å²) >= 11 is 5.96. The Balaban J connectivity index is 1.66. The highest BCUT2D eigenvalue weighted by Crippen LogP contribution is 2.45. The Kier molecular flexibility index (Phi) is 7.63. The number of amides is 1. The first-order chi connectivity index (χ1) is 19.2. The monoisotopic (exact) mass is 553 g/mol. The van der Waals surface area contributed by atoms with E-state index in [4.69, 9.17) is 21.9 Å². The van der Waals surface area contributed by atoms with Crippen LogP contribution >= 0.6 is 12.2 Å². The molecule has 2 aromatic heterocycles. The number of carbonyl (C=O) groups excluding carboxylic acids is 1. The standard InChI is InChI=1S/C32H35N5O2S/c1-7-29(38)34-25-14-13-23(18-28(25)39-6)37-31(30(35-32(37)40)26-10-8-9-15-33-26)24-17-21(4)36(22(24)5)27-16-19(2)11-12-20(27)3/h8-18,30-31H,7H2,1-6H3,(H,34,38)(H,35,40)/t30-,31+/m1/s1. The third-order valence-electron chi connectivity index (χ3n) is 7.55. The molecule has 0 saturated carbocycles. The van der Waals surface area contributed by atoms with Gasteiger partial charge in [-0.15, -0.1) is 0 Å². The first-order valence-corrected chi connectivity index (χ1v) is 13.9. The number of ether oxygens (including phenoxy) is 1. The van der Waals surface area contributed by atoms with Crippen LogP contribution in [0, 0.1) is 27.7 Å². The number of methoxy groups -OCH3 is 1. The Hall–Kier alpha value is -4.17. The number of rotatable bonds is 7. The summed E-state index contributed by atoms with van der Waals surface area (Å²) in [5.74, 6) is 0.499. The molecule has 0 radical (unpaired) electrons. The number of thiocarbonyl (C=S) groups is 1. The van der Waals surface area contributed by atoms with Crippen molar-refractivity contribution in [1.29, 1.82) is 0 Å².